The number of halogens is 3. The average molecular weight is 756 g/mol. The molecule has 3 aromatic heterocycles. The Kier molecular flexibility index (Phi) is 8.44. The average Bonchev–Trinajstić information content (AvgIpc) is 3.64. The highest BCUT2D eigenvalue weighted by Crippen LogP contribution is 2.52. The van der Waals surface area contributed by atoms with E-state index in [4.69, 9.17) is 32.9 Å². The predicted octanol–water partition coefficient (Wildman–Crippen LogP) is 7.29. The number of nitrogens with zero attached hydrogens (tertiary/aromatic N) is 7. The Morgan fingerprint density at radius 1 is 1.17 bits per heavy atom. The van der Waals surface area contributed by atoms with Crippen molar-refractivity contribution in [2.24, 2.45) is 11.8 Å². The van der Waals surface area contributed by atoms with Crippen LogP contribution in [-0.4, -0.2) is 67.1 Å². The fraction of sp³-hybridized carbons (Fsp3) is 0.436. The summed E-state index contributed by atoms with van der Waals surface area (Å²) in [6, 6.07) is 11.2. The topological polar surface area (TPSA) is 131 Å². The van der Waals surface area contributed by atoms with Crippen molar-refractivity contribution in [2.45, 2.75) is 76.5 Å². The zero-order valence-corrected chi connectivity index (χ0v) is 30.8. The third-order valence-corrected chi connectivity index (χ3v) is 12.4. The fourth-order valence-corrected chi connectivity index (χ4v) is 9.31. The quantitative estimate of drug-likeness (QED) is 0.155. The van der Waals surface area contributed by atoms with Gasteiger partial charge < -0.3 is 19.5 Å². The van der Waals surface area contributed by atoms with E-state index in [1.54, 1.807) is 29.9 Å². The van der Waals surface area contributed by atoms with Crippen LogP contribution in [0.5, 0.6) is 0 Å². The summed E-state index contributed by atoms with van der Waals surface area (Å²) in [5.74, 6) is -0.593. The van der Waals surface area contributed by atoms with Crippen molar-refractivity contribution >= 4 is 56.9 Å². The number of fused-ring (bicyclic) bond motifs is 4. The lowest BCUT2D eigenvalue weighted by molar-refractivity contribution is -0.133. The van der Waals surface area contributed by atoms with Crippen molar-refractivity contribution in [3.63, 3.8) is 0 Å². The maximum atomic E-state index is 17.2. The van der Waals surface area contributed by atoms with Gasteiger partial charge in [0.05, 0.1) is 52.6 Å². The summed E-state index contributed by atoms with van der Waals surface area (Å²) < 4.78 is 24.7. The molecule has 2 bridgehead atoms. The number of amides is 1. The molecule has 11 nitrogen and oxygen atoms in total. The van der Waals surface area contributed by atoms with E-state index in [0.29, 0.717) is 58.1 Å². The van der Waals surface area contributed by atoms with Gasteiger partial charge in [-0.05, 0) is 75.6 Å². The number of ether oxygens (including phenoxy) is 1. The second kappa shape index (κ2) is 13.1. The van der Waals surface area contributed by atoms with Crippen molar-refractivity contribution in [3.05, 3.63) is 75.0 Å². The third-order valence-electron chi connectivity index (χ3n) is 11.6. The first-order chi connectivity index (χ1) is 25.7. The molecule has 5 atom stereocenters. The van der Waals surface area contributed by atoms with Gasteiger partial charge in [0.1, 0.15) is 5.52 Å². The molecule has 2 aliphatic carbocycles. The number of nitriles is 1. The summed E-state index contributed by atoms with van der Waals surface area (Å²) in [5, 5.41) is 24.3. The molecule has 2 saturated carbocycles. The molecule has 0 spiro atoms. The van der Waals surface area contributed by atoms with E-state index < -0.39 is 11.8 Å². The molecule has 14 heteroatoms. The number of hydrogen-bond donors (Lipinski definition) is 1. The molecule has 3 aliphatic heterocycles. The monoisotopic (exact) mass is 754 g/mol. The summed E-state index contributed by atoms with van der Waals surface area (Å²) in [6.07, 6.45) is 5.19. The van der Waals surface area contributed by atoms with Crippen LogP contribution in [0.15, 0.2) is 36.5 Å². The molecular weight excluding hydrogens is 718 g/mol. The number of nitrogens with one attached hydrogen (secondary N) is 1. The molecule has 1 N–H and O–H groups in total. The zero-order chi connectivity index (χ0) is 36.7. The van der Waals surface area contributed by atoms with E-state index in [0.717, 1.165) is 42.4 Å². The van der Waals surface area contributed by atoms with E-state index in [1.165, 1.54) is 6.20 Å². The Morgan fingerprint density at radius 2 is 2.00 bits per heavy atom. The molecule has 5 aromatic rings. The van der Waals surface area contributed by atoms with Gasteiger partial charge in [0.25, 0.3) is 0 Å². The first-order valence-corrected chi connectivity index (χ1v) is 19.0. The predicted molar refractivity (Wildman–Crippen MR) is 197 cm³/mol. The molecule has 5 unspecified atom stereocenters. The number of hydrogen-bond acceptors (Lipinski definition) is 8. The number of likely N-dealkylation sites (tertiary alicyclic amines) is 1. The number of aryl methyl sites for hydroxylation is 2. The minimum absolute atomic E-state index is 0.0194. The minimum Gasteiger partial charge on any atom is -0.461 e. The summed E-state index contributed by atoms with van der Waals surface area (Å²) >= 11 is 13.1. The smallest absolute Gasteiger partial charge is 0.360 e. The fourth-order valence-electron chi connectivity index (χ4n) is 8.92. The van der Waals surface area contributed by atoms with Gasteiger partial charge in [-0.1, -0.05) is 35.3 Å². The molecule has 5 aliphatic rings. The standard InChI is InChI=1S/C39H37Cl2FN8O3/c1-3-53-39(52)29-17-45-50(47-29)23-14-30(48(18-23)38(51)20-9-10-20)31-15-25-19(2)46-35-26(37(25)49(31)36-22-13-28(36)44-16-22)12-21(6-5-11-43)32(34(35)42)24-7-4-8-27(40)33(24)41/h4,7-8,12,15,17,20,22-23,28,30,36,44H,3,5-6,9-10,13-14,16,18H2,1-2H3. The van der Waals surface area contributed by atoms with Crippen LogP contribution in [0.1, 0.15) is 84.6 Å². The van der Waals surface area contributed by atoms with Gasteiger partial charge in [-0.15, -0.1) is 5.10 Å². The van der Waals surface area contributed by atoms with E-state index >= 15 is 4.39 Å². The maximum Gasteiger partial charge on any atom is 0.360 e. The molecule has 5 fully saturated rings. The van der Waals surface area contributed by atoms with Crippen LogP contribution in [0.3, 0.4) is 0 Å². The van der Waals surface area contributed by atoms with E-state index in [-0.39, 0.29) is 65.3 Å². The lowest BCUT2D eigenvalue weighted by Gasteiger charge is -2.39. The van der Waals surface area contributed by atoms with Gasteiger partial charge in [0, 0.05) is 64.8 Å². The zero-order valence-electron chi connectivity index (χ0n) is 29.3. The summed E-state index contributed by atoms with van der Waals surface area (Å²) in [5.41, 5.74) is 4.24. The minimum atomic E-state index is -0.538. The molecule has 0 radical (unpaired) electrons. The van der Waals surface area contributed by atoms with Crippen molar-refractivity contribution in [3.8, 4) is 17.2 Å². The molecule has 3 saturated heterocycles. The van der Waals surface area contributed by atoms with Crippen LogP contribution in [0.25, 0.3) is 32.9 Å². The van der Waals surface area contributed by atoms with Gasteiger partial charge >= 0.3 is 5.97 Å². The number of esters is 1. The molecule has 1 amide bonds. The number of carbonyl (C=O) groups excluding carboxylic acids is 2. The van der Waals surface area contributed by atoms with Gasteiger partial charge in [-0.3, -0.25) is 4.79 Å². The number of aromatic nitrogens is 5. The highest BCUT2D eigenvalue weighted by atomic mass is 35.5. The summed E-state index contributed by atoms with van der Waals surface area (Å²) in [6.45, 7) is 5.13. The van der Waals surface area contributed by atoms with Crippen LogP contribution in [0, 0.1) is 35.9 Å². The molecule has 53 heavy (non-hydrogen) atoms. The first kappa shape index (κ1) is 34.2. The molecule has 272 valence electrons. The third kappa shape index (κ3) is 5.50. The highest BCUT2D eigenvalue weighted by Gasteiger charge is 2.51. The Morgan fingerprint density at radius 3 is 2.72 bits per heavy atom. The highest BCUT2D eigenvalue weighted by molar-refractivity contribution is 6.43. The van der Waals surface area contributed by atoms with Crippen molar-refractivity contribution in [2.75, 3.05) is 19.7 Å². The van der Waals surface area contributed by atoms with Crippen LogP contribution < -0.4 is 5.32 Å². The molecule has 6 heterocycles. The SMILES string of the molecule is CCOC(=O)c1cnn(C2CC(c3cc4c(C)nc5c(F)c(-c6cccc(Cl)c6Cl)c(CCC#N)cc5c4n3C3C4CNC3C4)N(C(=O)C3CC3)C2)n1. The molecule has 2 aromatic carbocycles. The van der Waals surface area contributed by atoms with E-state index in [1.807, 2.05) is 17.9 Å². The van der Waals surface area contributed by atoms with E-state index in [2.05, 4.69) is 32.2 Å². The van der Waals surface area contributed by atoms with Crippen LogP contribution in [0.4, 0.5) is 4.39 Å². The van der Waals surface area contributed by atoms with Crippen molar-refractivity contribution in [1.29, 1.82) is 5.26 Å². The van der Waals surface area contributed by atoms with Crippen LogP contribution in [0.2, 0.25) is 10.0 Å². The Hall–Kier alpha value is -4.57. The number of carbonyl (C=O) groups is 2. The molecular formula is C39H37Cl2FN8O3. The van der Waals surface area contributed by atoms with Crippen LogP contribution >= 0.6 is 23.2 Å². The Bertz CT molecular complexity index is 2370. The Balaban J connectivity index is 1.25. The first-order valence-electron chi connectivity index (χ1n) is 18.3. The lowest BCUT2D eigenvalue weighted by atomic mass is 9.79. The summed E-state index contributed by atoms with van der Waals surface area (Å²) in [7, 11) is 0. The normalized spacial score (nSPS) is 23.5. The number of benzene rings is 2. The van der Waals surface area contributed by atoms with Crippen LogP contribution in [-0.2, 0) is 16.0 Å². The summed E-state index contributed by atoms with van der Waals surface area (Å²) in [4.78, 5) is 34.9. The maximum absolute atomic E-state index is 17.2. The largest absolute Gasteiger partial charge is 0.461 e. The van der Waals surface area contributed by atoms with Gasteiger partial charge in [0.2, 0.25) is 5.91 Å². The number of rotatable bonds is 9. The lowest BCUT2D eigenvalue weighted by Crippen LogP contribution is -2.41. The second-order valence-electron chi connectivity index (χ2n) is 14.7. The van der Waals surface area contributed by atoms with Gasteiger partial charge in [-0.2, -0.15) is 15.2 Å². The van der Waals surface area contributed by atoms with E-state index in [9.17, 15) is 14.9 Å². The van der Waals surface area contributed by atoms with Crippen molar-refractivity contribution in [1.82, 2.24) is 34.8 Å². The Labute approximate surface area is 315 Å². The van der Waals surface area contributed by atoms with Crippen molar-refractivity contribution < 1.29 is 18.7 Å². The molecule has 10 rings (SSSR count). The van der Waals surface area contributed by atoms with Gasteiger partial charge in [0.15, 0.2) is 11.5 Å². The second-order valence-corrected chi connectivity index (χ2v) is 15.5. The van der Waals surface area contributed by atoms with Gasteiger partial charge in [-0.25, -0.2) is 14.2 Å². The number of pyridine rings is 1.